The molecule has 0 aliphatic rings. The largest absolute Gasteiger partial charge is 0.359 e. The van der Waals surface area contributed by atoms with Gasteiger partial charge in [0, 0.05) is 11.2 Å². The van der Waals surface area contributed by atoms with Crippen molar-refractivity contribution in [1.82, 2.24) is 14.6 Å². The van der Waals surface area contributed by atoms with Gasteiger partial charge < -0.3 is 5.73 Å². The number of nitrogen functional groups attached to an aromatic ring is 1. The predicted molar refractivity (Wildman–Crippen MR) is 72.6 cm³/mol. The van der Waals surface area contributed by atoms with Crippen LogP contribution in [0, 0.1) is 13.8 Å². The Morgan fingerprint density at radius 1 is 1.21 bits per heavy atom. The fourth-order valence-electron chi connectivity index (χ4n) is 2.23. The summed E-state index contributed by atoms with van der Waals surface area (Å²) >= 11 is 0. The van der Waals surface area contributed by atoms with Crippen LogP contribution in [0.4, 0.5) is 5.95 Å². The first kappa shape index (κ1) is 11.6. The van der Waals surface area contributed by atoms with Gasteiger partial charge in [-0.2, -0.15) is 0 Å². The Morgan fingerprint density at radius 3 is 2.68 bits per heavy atom. The lowest BCUT2D eigenvalue weighted by atomic mass is 10.2. The lowest BCUT2D eigenvalue weighted by molar-refractivity contribution is -0.650. The van der Waals surface area contributed by atoms with Crippen LogP contribution in [0.1, 0.15) is 17.0 Å². The average Bonchev–Trinajstić information content (AvgIpc) is 2.69. The summed E-state index contributed by atoms with van der Waals surface area (Å²) in [7, 11) is 0. The van der Waals surface area contributed by atoms with Crippen LogP contribution in [-0.4, -0.2) is 14.6 Å². The quantitative estimate of drug-likeness (QED) is 0.700. The first-order valence-electron chi connectivity index (χ1n) is 6.21. The lowest BCUT2D eigenvalue weighted by Gasteiger charge is -2.01. The minimum atomic E-state index is 0.477. The van der Waals surface area contributed by atoms with Crippen molar-refractivity contribution in [2.75, 3.05) is 5.73 Å². The van der Waals surface area contributed by atoms with Crippen LogP contribution in [0.5, 0.6) is 0 Å². The number of anilines is 1. The Balaban J connectivity index is 2.15. The van der Waals surface area contributed by atoms with E-state index < -0.39 is 0 Å². The molecule has 0 saturated carbocycles. The maximum atomic E-state index is 6.01. The molecule has 0 unspecified atom stereocenters. The van der Waals surface area contributed by atoms with Crippen molar-refractivity contribution >= 4 is 11.7 Å². The summed E-state index contributed by atoms with van der Waals surface area (Å²) in [5, 5.41) is 4.34. The van der Waals surface area contributed by atoms with Gasteiger partial charge in [0.15, 0.2) is 0 Å². The molecule has 0 atom stereocenters. The first-order chi connectivity index (χ1) is 9.15. The number of aromatic nitrogens is 4. The molecule has 0 aliphatic heterocycles. The third-order valence-corrected chi connectivity index (χ3v) is 3.12. The molecule has 2 N–H and O–H groups in total. The van der Waals surface area contributed by atoms with Gasteiger partial charge in [-0.1, -0.05) is 30.3 Å². The third kappa shape index (κ3) is 2.03. The molecule has 0 saturated heterocycles. The van der Waals surface area contributed by atoms with E-state index in [1.807, 2.05) is 42.7 Å². The SMILES string of the molecule is Cc1cc(C)n2nc(N)[n+](Cc3ccccc3)c2n1. The number of fused-ring (bicyclic) bond motifs is 1. The number of benzene rings is 1. The fourth-order valence-corrected chi connectivity index (χ4v) is 2.23. The number of nitrogens with zero attached hydrogens (tertiary/aromatic N) is 4. The van der Waals surface area contributed by atoms with Crippen LogP contribution < -0.4 is 10.3 Å². The fraction of sp³-hybridized carbons (Fsp3) is 0.214. The van der Waals surface area contributed by atoms with E-state index in [4.69, 9.17) is 5.73 Å². The van der Waals surface area contributed by atoms with E-state index in [1.165, 1.54) is 5.56 Å². The molecule has 2 aromatic heterocycles. The highest BCUT2D eigenvalue weighted by Crippen LogP contribution is 2.06. The van der Waals surface area contributed by atoms with E-state index in [0.29, 0.717) is 12.5 Å². The monoisotopic (exact) mass is 254 g/mol. The second-order valence-electron chi connectivity index (χ2n) is 4.68. The molecule has 0 radical (unpaired) electrons. The molecule has 0 aliphatic carbocycles. The van der Waals surface area contributed by atoms with Crippen molar-refractivity contribution in [3.63, 3.8) is 0 Å². The number of nitrogens with two attached hydrogens (primary N) is 1. The number of rotatable bonds is 2. The normalized spacial score (nSPS) is 11.1. The zero-order valence-electron chi connectivity index (χ0n) is 11.0. The molecule has 0 amide bonds. The Bertz CT molecular complexity index is 730. The molecule has 0 spiro atoms. The van der Waals surface area contributed by atoms with Crippen molar-refractivity contribution in [3.8, 4) is 0 Å². The summed E-state index contributed by atoms with van der Waals surface area (Å²) in [5.41, 5.74) is 9.18. The zero-order chi connectivity index (χ0) is 13.4. The molecular weight excluding hydrogens is 238 g/mol. The van der Waals surface area contributed by atoms with Gasteiger partial charge >= 0.3 is 11.7 Å². The maximum absolute atomic E-state index is 6.01. The van der Waals surface area contributed by atoms with E-state index >= 15 is 0 Å². The van der Waals surface area contributed by atoms with Gasteiger partial charge in [0.25, 0.3) is 0 Å². The lowest BCUT2D eigenvalue weighted by Crippen LogP contribution is -2.37. The van der Waals surface area contributed by atoms with Crippen LogP contribution in [0.25, 0.3) is 5.78 Å². The molecule has 5 heteroatoms. The molecule has 1 aromatic carbocycles. The molecular formula is C14H16N5+. The maximum Gasteiger partial charge on any atom is 0.359 e. The van der Waals surface area contributed by atoms with Gasteiger partial charge in [0.1, 0.15) is 0 Å². The molecule has 0 bridgehead atoms. The van der Waals surface area contributed by atoms with Crippen molar-refractivity contribution in [2.45, 2.75) is 20.4 Å². The van der Waals surface area contributed by atoms with Crippen LogP contribution in [0.15, 0.2) is 36.4 Å². The molecule has 3 rings (SSSR count). The van der Waals surface area contributed by atoms with E-state index in [1.54, 1.807) is 4.52 Å². The molecule has 2 heterocycles. The van der Waals surface area contributed by atoms with E-state index in [9.17, 15) is 0 Å². The number of hydrogen-bond acceptors (Lipinski definition) is 3. The van der Waals surface area contributed by atoms with Crippen LogP contribution in [0.2, 0.25) is 0 Å². The summed E-state index contributed by atoms with van der Waals surface area (Å²) in [5.74, 6) is 1.25. The van der Waals surface area contributed by atoms with Crippen LogP contribution in [0.3, 0.4) is 0 Å². The Morgan fingerprint density at radius 2 is 1.95 bits per heavy atom. The Labute approximate surface area is 111 Å². The van der Waals surface area contributed by atoms with Gasteiger partial charge in [-0.25, -0.2) is 4.57 Å². The topological polar surface area (TPSA) is 60.1 Å². The minimum absolute atomic E-state index is 0.477. The van der Waals surface area contributed by atoms with E-state index in [0.717, 1.165) is 17.2 Å². The highest BCUT2D eigenvalue weighted by atomic mass is 15.4. The van der Waals surface area contributed by atoms with Gasteiger partial charge in [0.05, 0.1) is 17.9 Å². The molecule has 0 fully saturated rings. The summed E-state index contributed by atoms with van der Waals surface area (Å²) in [6.45, 7) is 4.65. The van der Waals surface area contributed by atoms with Crippen molar-refractivity contribution in [2.24, 2.45) is 0 Å². The average molecular weight is 254 g/mol. The van der Waals surface area contributed by atoms with Crippen LogP contribution in [-0.2, 0) is 6.54 Å². The number of hydrogen-bond donors (Lipinski definition) is 1. The van der Waals surface area contributed by atoms with Crippen molar-refractivity contribution in [3.05, 3.63) is 53.3 Å². The summed E-state index contributed by atoms with van der Waals surface area (Å²) in [4.78, 5) is 4.54. The second kappa shape index (κ2) is 4.35. The Hall–Kier alpha value is -2.43. The second-order valence-corrected chi connectivity index (χ2v) is 4.68. The molecule has 3 aromatic rings. The minimum Gasteiger partial charge on any atom is -0.318 e. The zero-order valence-corrected chi connectivity index (χ0v) is 11.0. The van der Waals surface area contributed by atoms with E-state index in [-0.39, 0.29) is 0 Å². The molecule has 5 nitrogen and oxygen atoms in total. The van der Waals surface area contributed by atoms with Crippen LogP contribution >= 0.6 is 0 Å². The van der Waals surface area contributed by atoms with Gasteiger partial charge in [-0.05, 0) is 19.4 Å². The summed E-state index contributed by atoms with van der Waals surface area (Å²) in [6, 6.07) is 12.2. The standard InChI is InChI=1S/C14H16N5/c1-10-8-11(2)19-14(16-10)18(13(15)17-19)9-12-6-4-3-5-7-12/h3-8H,9H2,1-2H3,(H2,15,17)/q+1. The van der Waals surface area contributed by atoms with Crippen molar-refractivity contribution in [1.29, 1.82) is 0 Å². The molecule has 96 valence electrons. The van der Waals surface area contributed by atoms with E-state index in [2.05, 4.69) is 22.2 Å². The predicted octanol–water partition coefficient (Wildman–Crippen LogP) is 1.26. The summed E-state index contributed by atoms with van der Waals surface area (Å²) in [6.07, 6.45) is 0. The smallest absolute Gasteiger partial charge is 0.318 e. The van der Waals surface area contributed by atoms with Gasteiger partial charge in [0.2, 0.25) is 0 Å². The highest BCUT2D eigenvalue weighted by molar-refractivity contribution is 5.29. The third-order valence-electron chi connectivity index (χ3n) is 3.12. The Kier molecular flexibility index (Phi) is 2.67. The number of aryl methyl sites for hydroxylation is 2. The van der Waals surface area contributed by atoms with Gasteiger partial charge in [-0.3, -0.25) is 0 Å². The highest BCUT2D eigenvalue weighted by Gasteiger charge is 2.19. The first-order valence-corrected chi connectivity index (χ1v) is 6.21. The summed E-state index contributed by atoms with van der Waals surface area (Å²) < 4.78 is 3.71. The van der Waals surface area contributed by atoms with Gasteiger partial charge in [-0.15, -0.1) is 9.50 Å². The van der Waals surface area contributed by atoms with Crippen molar-refractivity contribution < 1.29 is 4.57 Å². The molecule has 19 heavy (non-hydrogen) atoms.